The highest BCUT2D eigenvalue weighted by Crippen LogP contribution is 2.34. The van der Waals surface area contributed by atoms with Gasteiger partial charge >= 0.3 is 0 Å². The molecule has 0 spiro atoms. The standard InChI is InChI=1S/C28H44N2O2/c1-19-13-23(27(3,4)5)15-21(25(19)31)17-30(12-11-29(9)10)18-22-16-24(28(6,7)8)14-20(2)26(22)32/h13-16,31-32H,11-12,17-18H2,1-10H3. The van der Waals surface area contributed by atoms with Gasteiger partial charge in [0.1, 0.15) is 11.5 Å². The maximum absolute atomic E-state index is 10.8. The molecule has 0 aliphatic rings. The molecule has 0 radical (unpaired) electrons. The first-order valence-electron chi connectivity index (χ1n) is 11.6. The van der Waals surface area contributed by atoms with Gasteiger partial charge in [-0.2, -0.15) is 0 Å². The van der Waals surface area contributed by atoms with Crippen LogP contribution in [0.2, 0.25) is 0 Å². The molecule has 0 unspecified atom stereocenters. The summed E-state index contributed by atoms with van der Waals surface area (Å²) < 4.78 is 0. The summed E-state index contributed by atoms with van der Waals surface area (Å²) in [7, 11) is 4.14. The Morgan fingerprint density at radius 2 is 1.03 bits per heavy atom. The highest BCUT2D eigenvalue weighted by Gasteiger charge is 2.21. The number of aromatic hydroxyl groups is 2. The number of phenols is 2. The van der Waals surface area contributed by atoms with E-state index in [-0.39, 0.29) is 10.8 Å². The van der Waals surface area contributed by atoms with Gasteiger partial charge in [0, 0.05) is 37.3 Å². The van der Waals surface area contributed by atoms with Crippen molar-refractivity contribution in [3.8, 4) is 11.5 Å². The van der Waals surface area contributed by atoms with E-state index < -0.39 is 0 Å². The molecule has 2 aromatic rings. The third kappa shape index (κ3) is 6.73. The molecular formula is C28H44N2O2. The van der Waals surface area contributed by atoms with Gasteiger partial charge in [0.25, 0.3) is 0 Å². The molecule has 0 aliphatic carbocycles. The molecule has 2 aromatic carbocycles. The van der Waals surface area contributed by atoms with E-state index >= 15 is 0 Å². The first kappa shape index (κ1) is 26.2. The molecule has 0 aliphatic heterocycles. The Morgan fingerprint density at radius 1 is 0.656 bits per heavy atom. The van der Waals surface area contributed by atoms with Crippen LogP contribution in [0.1, 0.15) is 74.9 Å². The van der Waals surface area contributed by atoms with Gasteiger partial charge in [0.15, 0.2) is 0 Å². The zero-order chi connectivity index (χ0) is 24.4. The average molecular weight is 441 g/mol. The largest absolute Gasteiger partial charge is 0.507 e. The number of nitrogens with zero attached hydrogens (tertiary/aromatic N) is 2. The summed E-state index contributed by atoms with van der Waals surface area (Å²) in [5.74, 6) is 0.744. The molecule has 4 nitrogen and oxygen atoms in total. The minimum absolute atomic E-state index is 0.0120. The van der Waals surface area contributed by atoms with Crippen LogP contribution in [-0.2, 0) is 23.9 Å². The molecule has 0 aromatic heterocycles. The van der Waals surface area contributed by atoms with Crippen molar-refractivity contribution in [3.05, 3.63) is 57.6 Å². The Morgan fingerprint density at radius 3 is 1.34 bits per heavy atom. The molecule has 0 fully saturated rings. The van der Waals surface area contributed by atoms with Crippen LogP contribution in [0, 0.1) is 13.8 Å². The molecular weight excluding hydrogens is 396 g/mol. The van der Waals surface area contributed by atoms with Crippen LogP contribution in [0.3, 0.4) is 0 Å². The second kappa shape index (κ2) is 9.84. The summed E-state index contributed by atoms with van der Waals surface area (Å²) in [6, 6.07) is 8.46. The minimum Gasteiger partial charge on any atom is -0.507 e. The van der Waals surface area contributed by atoms with Gasteiger partial charge in [0.2, 0.25) is 0 Å². The zero-order valence-corrected chi connectivity index (χ0v) is 21.9. The predicted octanol–water partition coefficient (Wildman–Crippen LogP) is 5.87. The van der Waals surface area contributed by atoms with E-state index in [4.69, 9.17) is 0 Å². The normalized spacial score (nSPS) is 12.8. The van der Waals surface area contributed by atoms with E-state index in [2.05, 4.69) is 89.7 Å². The average Bonchev–Trinajstić information content (AvgIpc) is 2.64. The monoisotopic (exact) mass is 440 g/mol. The smallest absolute Gasteiger partial charge is 0.122 e. The van der Waals surface area contributed by atoms with Crippen LogP contribution in [0.4, 0.5) is 0 Å². The van der Waals surface area contributed by atoms with Crippen molar-refractivity contribution in [1.29, 1.82) is 0 Å². The Hall–Kier alpha value is -2.04. The molecule has 32 heavy (non-hydrogen) atoms. The molecule has 0 bridgehead atoms. The second-order valence-electron chi connectivity index (χ2n) is 11.6. The van der Waals surface area contributed by atoms with E-state index in [1.165, 1.54) is 11.1 Å². The van der Waals surface area contributed by atoms with E-state index in [1.807, 2.05) is 13.8 Å². The number of hydrogen-bond donors (Lipinski definition) is 2. The third-order valence-electron chi connectivity index (χ3n) is 6.14. The van der Waals surface area contributed by atoms with Crippen molar-refractivity contribution in [2.24, 2.45) is 0 Å². The second-order valence-corrected chi connectivity index (χ2v) is 11.6. The highest BCUT2D eigenvalue weighted by atomic mass is 16.3. The molecule has 0 amide bonds. The Labute approximate surface area is 195 Å². The maximum Gasteiger partial charge on any atom is 0.122 e. The van der Waals surface area contributed by atoms with Crippen molar-refractivity contribution in [2.45, 2.75) is 79.3 Å². The molecule has 178 valence electrons. The molecule has 2 rings (SSSR count). The number of rotatable bonds is 7. The van der Waals surface area contributed by atoms with Crippen molar-refractivity contribution in [1.82, 2.24) is 9.80 Å². The molecule has 0 saturated heterocycles. The summed E-state index contributed by atoms with van der Waals surface area (Å²) in [6.07, 6.45) is 0. The number of benzene rings is 2. The number of phenolic OH excluding ortho intramolecular Hbond substituents is 2. The fraction of sp³-hybridized carbons (Fsp3) is 0.571. The number of hydrogen-bond acceptors (Lipinski definition) is 4. The Kier molecular flexibility index (Phi) is 8.06. The number of aryl methyl sites for hydroxylation is 2. The lowest BCUT2D eigenvalue weighted by molar-refractivity contribution is 0.221. The van der Waals surface area contributed by atoms with Crippen molar-refractivity contribution < 1.29 is 10.2 Å². The van der Waals surface area contributed by atoms with Gasteiger partial charge in [-0.25, -0.2) is 0 Å². The lowest BCUT2D eigenvalue weighted by atomic mass is 9.84. The Balaban J connectivity index is 2.45. The van der Waals surface area contributed by atoms with Crippen LogP contribution >= 0.6 is 0 Å². The first-order chi connectivity index (χ1) is 14.6. The quantitative estimate of drug-likeness (QED) is 0.565. The first-order valence-corrected chi connectivity index (χ1v) is 11.6. The van der Waals surface area contributed by atoms with Gasteiger partial charge in [-0.1, -0.05) is 65.8 Å². The lowest BCUT2D eigenvalue weighted by Gasteiger charge is -2.28. The van der Waals surface area contributed by atoms with E-state index in [9.17, 15) is 10.2 Å². The van der Waals surface area contributed by atoms with Crippen molar-refractivity contribution in [2.75, 3.05) is 27.2 Å². The summed E-state index contributed by atoms with van der Waals surface area (Å²) >= 11 is 0. The van der Waals surface area contributed by atoms with Gasteiger partial charge in [-0.05, 0) is 61.0 Å². The molecule has 4 heteroatoms. The van der Waals surface area contributed by atoms with Crippen LogP contribution in [0.25, 0.3) is 0 Å². The summed E-state index contributed by atoms with van der Waals surface area (Å²) in [4.78, 5) is 4.49. The SMILES string of the molecule is Cc1cc(C(C)(C)C)cc(CN(CCN(C)C)Cc2cc(C(C)(C)C)cc(C)c2O)c1O. The van der Waals surface area contributed by atoms with Gasteiger partial charge in [-0.15, -0.1) is 0 Å². The highest BCUT2D eigenvalue weighted by molar-refractivity contribution is 5.46. The lowest BCUT2D eigenvalue weighted by Crippen LogP contribution is -2.31. The molecule has 2 N–H and O–H groups in total. The van der Waals surface area contributed by atoms with Crippen molar-refractivity contribution in [3.63, 3.8) is 0 Å². The van der Waals surface area contributed by atoms with E-state index in [0.29, 0.717) is 24.6 Å². The fourth-order valence-electron chi connectivity index (χ4n) is 3.85. The summed E-state index contributed by atoms with van der Waals surface area (Å²) in [5.41, 5.74) is 6.18. The molecule has 0 saturated carbocycles. The molecule has 0 atom stereocenters. The molecule has 0 heterocycles. The van der Waals surface area contributed by atoms with Gasteiger partial charge in [0.05, 0.1) is 0 Å². The topological polar surface area (TPSA) is 46.9 Å². The van der Waals surface area contributed by atoms with E-state index in [0.717, 1.165) is 35.3 Å². The van der Waals surface area contributed by atoms with Crippen LogP contribution in [0.15, 0.2) is 24.3 Å². The van der Waals surface area contributed by atoms with Crippen LogP contribution in [-0.4, -0.2) is 47.2 Å². The predicted molar refractivity (Wildman–Crippen MR) is 136 cm³/mol. The van der Waals surface area contributed by atoms with Crippen LogP contribution < -0.4 is 0 Å². The van der Waals surface area contributed by atoms with Crippen molar-refractivity contribution >= 4 is 0 Å². The van der Waals surface area contributed by atoms with Gasteiger partial charge in [-0.3, -0.25) is 4.90 Å². The number of likely N-dealkylation sites (N-methyl/N-ethyl adjacent to an activating group) is 1. The van der Waals surface area contributed by atoms with E-state index in [1.54, 1.807) is 0 Å². The third-order valence-corrected chi connectivity index (χ3v) is 6.14. The minimum atomic E-state index is 0.0120. The zero-order valence-electron chi connectivity index (χ0n) is 21.9. The maximum atomic E-state index is 10.8. The summed E-state index contributed by atoms with van der Waals surface area (Å²) in [5, 5.41) is 21.7. The fourth-order valence-corrected chi connectivity index (χ4v) is 3.85. The van der Waals surface area contributed by atoms with Crippen LogP contribution in [0.5, 0.6) is 11.5 Å². The summed E-state index contributed by atoms with van der Waals surface area (Å²) in [6.45, 7) is 20.1. The van der Waals surface area contributed by atoms with Gasteiger partial charge < -0.3 is 15.1 Å². The Bertz CT molecular complexity index is 862.